The van der Waals surface area contributed by atoms with Gasteiger partial charge in [0.05, 0.1) is 11.3 Å². The number of nitro benzene ring substituents is 1. The third-order valence-electron chi connectivity index (χ3n) is 3.33. The van der Waals surface area contributed by atoms with Crippen molar-refractivity contribution in [2.75, 3.05) is 0 Å². The minimum absolute atomic E-state index is 0.0602. The molecule has 130 valence electrons. The first-order valence-electron chi connectivity index (χ1n) is 7.42. The molecule has 0 aromatic heterocycles. The van der Waals surface area contributed by atoms with E-state index in [2.05, 4.69) is 5.32 Å². The second-order valence-corrected chi connectivity index (χ2v) is 5.27. The molecule has 2 aromatic carbocycles. The standard InChI is InChI=1S/C17H16N2O6/c20-16(21)11-13(10-12-6-8-14(9-7-12)19(23)24)18-17(22)25-15-4-2-1-3-5-15/h1-9,13H,10-11H2,(H,18,22)(H,20,21). The van der Waals surface area contributed by atoms with Gasteiger partial charge in [0.2, 0.25) is 0 Å². The van der Waals surface area contributed by atoms with Crippen molar-refractivity contribution in [3.63, 3.8) is 0 Å². The second kappa shape index (κ2) is 8.44. The average molecular weight is 344 g/mol. The number of hydrogen-bond acceptors (Lipinski definition) is 5. The van der Waals surface area contributed by atoms with Crippen molar-refractivity contribution in [3.05, 3.63) is 70.3 Å². The molecule has 1 unspecified atom stereocenters. The Kier molecular flexibility index (Phi) is 6.05. The number of carboxylic acid groups (broad SMARTS) is 1. The quantitative estimate of drug-likeness (QED) is 0.589. The van der Waals surface area contributed by atoms with Crippen molar-refractivity contribution >= 4 is 17.7 Å². The number of amides is 1. The van der Waals surface area contributed by atoms with Crippen molar-refractivity contribution in [2.24, 2.45) is 0 Å². The fourth-order valence-corrected chi connectivity index (χ4v) is 2.21. The van der Waals surface area contributed by atoms with Crippen LogP contribution in [0.1, 0.15) is 12.0 Å². The van der Waals surface area contributed by atoms with Gasteiger partial charge in [-0.3, -0.25) is 14.9 Å². The first kappa shape index (κ1) is 17.9. The summed E-state index contributed by atoms with van der Waals surface area (Å²) in [7, 11) is 0. The number of nitrogens with zero attached hydrogens (tertiary/aromatic N) is 1. The van der Waals surface area contributed by atoms with Crippen LogP contribution in [-0.2, 0) is 11.2 Å². The summed E-state index contributed by atoms with van der Waals surface area (Å²) >= 11 is 0. The molecule has 0 fully saturated rings. The largest absolute Gasteiger partial charge is 0.481 e. The number of benzene rings is 2. The number of nitrogens with one attached hydrogen (secondary N) is 1. The third-order valence-corrected chi connectivity index (χ3v) is 3.33. The monoisotopic (exact) mass is 344 g/mol. The molecule has 0 saturated heterocycles. The Labute approximate surface area is 143 Å². The van der Waals surface area contributed by atoms with Crippen LogP contribution >= 0.6 is 0 Å². The van der Waals surface area contributed by atoms with Crippen molar-refractivity contribution in [3.8, 4) is 5.75 Å². The van der Waals surface area contributed by atoms with Crippen LogP contribution in [0.15, 0.2) is 54.6 Å². The van der Waals surface area contributed by atoms with Crippen LogP contribution in [0.5, 0.6) is 5.75 Å². The Hall–Kier alpha value is -3.42. The minimum atomic E-state index is -1.08. The van der Waals surface area contributed by atoms with Gasteiger partial charge < -0.3 is 15.2 Å². The maximum absolute atomic E-state index is 11.9. The SMILES string of the molecule is O=C(O)CC(Cc1ccc([N+](=O)[O-])cc1)NC(=O)Oc1ccccc1. The van der Waals surface area contributed by atoms with Crippen LogP contribution in [0.25, 0.3) is 0 Å². The molecule has 8 heteroatoms. The number of non-ortho nitro benzene ring substituents is 1. The molecule has 1 amide bonds. The van der Waals surface area contributed by atoms with E-state index in [0.717, 1.165) is 0 Å². The number of para-hydroxylation sites is 1. The van der Waals surface area contributed by atoms with Gasteiger partial charge in [-0.1, -0.05) is 30.3 Å². The van der Waals surface area contributed by atoms with Gasteiger partial charge in [-0.25, -0.2) is 4.79 Å². The smallest absolute Gasteiger partial charge is 0.412 e. The normalized spacial score (nSPS) is 11.4. The molecule has 8 nitrogen and oxygen atoms in total. The van der Waals surface area contributed by atoms with Crippen molar-refractivity contribution in [1.82, 2.24) is 5.32 Å². The van der Waals surface area contributed by atoms with E-state index in [9.17, 15) is 19.7 Å². The molecular weight excluding hydrogens is 328 g/mol. The van der Waals surface area contributed by atoms with Crippen molar-refractivity contribution in [2.45, 2.75) is 18.9 Å². The fraction of sp³-hybridized carbons (Fsp3) is 0.176. The molecule has 0 saturated carbocycles. The number of rotatable bonds is 7. The zero-order chi connectivity index (χ0) is 18.2. The summed E-state index contributed by atoms with van der Waals surface area (Å²) in [5.74, 6) is -0.740. The lowest BCUT2D eigenvalue weighted by molar-refractivity contribution is -0.384. The topological polar surface area (TPSA) is 119 Å². The van der Waals surface area contributed by atoms with Gasteiger partial charge in [-0.05, 0) is 24.1 Å². The van der Waals surface area contributed by atoms with Crippen molar-refractivity contribution in [1.29, 1.82) is 0 Å². The predicted octanol–water partition coefficient (Wildman–Crippen LogP) is 2.77. The summed E-state index contributed by atoms with van der Waals surface area (Å²) < 4.78 is 5.08. The Morgan fingerprint density at radius 2 is 1.76 bits per heavy atom. The van der Waals surface area contributed by atoms with E-state index in [1.54, 1.807) is 30.3 Å². The number of carbonyl (C=O) groups excluding carboxylic acids is 1. The molecule has 0 aliphatic heterocycles. The van der Waals surface area contributed by atoms with E-state index < -0.39 is 23.0 Å². The predicted molar refractivity (Wildman–Crippen MR) is 88.4 cm³/mol. The molecule has 2 aromatic rings. The molecular formula is C17H16N2O6. The lowest BCUT2D eigenvalue weighted by atomic mass is 10.0. The van der Waals surface area contributed by atoms with Crippen LogP contribution in [0.4, 0.5) is 10.5 Å². The number of nitro groups is 1. The van der Waals surface area contributed by atoms with E-state index >= 15 is 0 Å². The molecule has 0 aliphatic rings. The molecule has 0 bridgehead atoms. The number of aliphatic carboxylic acids is 1. The van der Waals surface area contributed by atoms with E-state index in [1.165, 1.54) is 24.3 Å². The molecule has 1 atom stereocenters. The van der Waals surface area contributed by atoms with Crippen LogP contribution in [0, 0.1) is 10.1 Å². The highest BCUT2D eigenvalue weighted by atomic mass is 16.6. The average Bonchev–Trinajstić information content (AvgIpc) is 2.55. The first-order valence-corrected chi connectivity index (χ1v) is 7.42. The summed E-state index contributed by atoms with van der Waals surface area (Å²) in [6.45, 7) is 0. The number of ether oxygens (including phenoxy) is 1. The summed E-state index contributed by atoms with van der Waals surface area (Å²) in [5.41, 5.74) is 0.604. The van der Waals surface area contributed by atoms with Gasteiger partial charge in [0.15, 0.2) is 0 Å². The Balaban J connectivity index is 2.01. The highest BCUT2D eigenvalue weighted by Crippen LogP contribution is 2.14. The lowest BCUT2D eigenvalue weighted by Gasteiger charge is -2.17. The summed E-state index contributed by atoms with van der Waals surface area (Å²) in [5, 5.41) is 22.2. The molecule has 2 N–H and O–H groups in total. The molecule has 0 heterocycles. The van der Waals surface area contributed by atoms with E-state index in [1.807, 2.05) is 0 Å². The lowest BCUT2D eigenvalue weighted by Crippen LogP contribution is -2.39. The molecule has 2 rings (SSSR count). The molecule has 0 spiro atoms. The summed E-state index contributed by atoms with van der Waals surface area (Å²) in [6, 6.07) is 13.4. The number of hydrogen-bond donors (Lipinski definition) is 2. The molecule has 0 radical (unpaired) electrons. The Morgan fingerprint density at radius 3 is 2.32 bits per heavy atom. The van der Waals surface area contributed by atoms with E-state index in [0.29, 0.717) is 11.3 Å². The van der Waals surface area contributed by atoms with Gasteiger partial charge in [0.1, 0.15) is 5.75 Å². The van der Waals surface area contributed by atoms with Crippen LogP contribution in [0.2, 0.25) is 0 Å². The zero-order valence-corrected chi connectivity index (χ0v) is 13.1. The Bertz CT molecular complexity index is 745. The van der Waals surface area contributed by atoms with Crippen LogP contribution < -0.4 is 10.1 Å². The highest BCUT2D eigenvalue weighted by Gasteiger charge is 2.18. The maximum Gasteiger partial charge on any atom is 0.412 e. The highest BCUT2D eigenvalue weighted by molar-refractivity contribution is 5.73. The van der Waals surface area contributed by atoms with Gasteiger partial charge in [-0.2, -0.15) is 0 Å². The van der Waals surface area contributed by atoms with Gasteiger partial charge in [0, 0.05) is 18.2 Å². The minimum Gasteiger partial charge on any atom is -0.481 e. The zero-order valence-electron chi connectivity index (χ0n) is 13.1. The Morgan fingerprint density at radius 1 is 1.12 bits per heavy atom. The van der Waals surface area contributed by atoms with E-state index in [-0.39, 0.29) is 18.5 Å². The van der Waals surface area contributed by atoms with Crippen molar-refractivity contribution < 1.29 is 24.4 Å². The van der Waals surface area contributed by atoms with Gasteiger partial charge in [-0.15, -0.1) is 0 Å². The van der Waals surface area contributed by atoms with Gasteiger partial charge in [0.25, 0.3) is 5.69 Å². The number of carbonyl (C=O) groups is 2. The van der Waals surface area contributed by atoms with Crippen LogP contribution in [-0.4, -0.2) is 28.1 Å². The summed E-state index contributed by atoms with van der Waals surface area (Å²) in [4.78, 5) is 33.1. The second-order valence-electron chi connectivity index (χ2n) is 5.27. The molecule has 25 heavy (non-hydrogen) atoms. The first-order chi connectivity index (χ1) is 11.9. The van der Waals surface area contributed by atoms with E-state index in [4.69, 9.17) is 9.84 Å². The van der Waals surface area contributed by atoms with Crippen LogP contribution in [0.3, 0.4) is 0 Å². The fourth-order valence-electron chi connectivity index (χ4n) is 2.21. The maximum atomic E-state index is 11.9. The molecule has 0 aliphatic carbocycles. The van der Waals surface area contributed by atoms with Gasteiger partial charge >= 0.3 is 12.1 Å². The third kappa shape index (κ3) is 5.94. The number of carboxylic acids is 1. The summed E-state index contributed by atoms with van der Waals surface area (Å²) in [6.07, 6.45) is -0.867.